The van der Waals surface area contributed by atoms with Crippen molar-refractivity contribution >= 4 is 21.8 Å². The number of hydrogen-bond acceptors (Lipinski definition) is 4. The van der Waals surface area contributed by atoms with E-state index in [4.69, 9.17) is 5.11 Å². The van der Waals surface area contributed by atoms with Gasteiger partial charge in [0.15, 0.2) is 0 Å². The average Bonchev–Trinajstić information content (AvgIpc) is 2.38. The SMILES string of the molecule is CC1CSCCN1S(=O)(=O)Cc1cccc(CO)c1. The predicted octanol–water partition coefficient (Wildman–Crippen LogP) is 1.45. The molecule has 0 aliphatic carbocycles. The summed E-state index contributed by atoms with van der Waals surface area (Å²) in [5.41, 5.74) is 1.48. The van der Waals surface area contributed by atoms with Crippen LogP contribution in [0, 0.1) is 0 Å². The Morgan fingerprint density at radius 2 is 2.16 bits per heavy atom. The topological polar surface area (TPSA) is 57.6 Å². The zero-order valence-electron chi connectivity index (χ0n) is 10.9. The summed E-state index contributed by atoms with van der Waals surface area (Å²) in [6.07, 6.45) is 0. The molecule has 19 heavy (non-hydrogen) atoms. The van der Waals surface area contributed by atoms with E-state index in [1.165, 1.54) is 0 Å². The Labute approximate surface area is 118 Å². The lowest BCUT2D eigenvalue weighted by atomic mass is 10.1. The van der Waals surface area contributed by atoms with Crippen LogP contribution in [0.5, 0.6) is 0 Å². The van der Waals surface area contributed by atoms with Gasteiger partial charge < -0.3 is 5.11 Å². The molecular weight excluding hydrogens is 282 g/mol. The van der Waals surface area contributed by atoms with Crippen LogP contribution in [0.15, 0.2) is 24.3 Å². The molecule has 1 aromatic carbocycles. The molecule has 4 nitrogen and oxygen atoms in total. The Balaban J connectivity index is 2.15. The van der Waals surface area contributed by atoms with Crippen molar-refractivity contribution in [3.63, 3.8) is 0 Å². The molecule has 1 heterocycles. The van der Waals surface area contributed by atoms with Crippen LogP contribution in [-0.2, 0) is 22.4 Å². The first-order valence-corrected chi connectivity index (χ1v) is 9.05. The summed E-state index contributed by atoms with van der Waals surface area (Å²) in [6, 6.07) is 7.17. The first-order chi connectivity index (χ1) is 9.03. The number of aliphatic hydroxyl groups is 1. The van der Waals surface area contributed by atoms with Crippen LogP contribution < -0.4 is 0 Å². The molecule has 1 aromatic rings. The highest BCUT2D eigenvalue weighted by Crippen LogP contribution is 2.22. The smallest absolute Gasteiger partial charge is 0.218 e. The van der Waals surface area contributed by atoms with E-state index in [0.29, 0.717) is 6.54 Å². The standard InChI is InChI=1S/C13H19NO3S2/c1-11-9-18-6-5-14(11)19(16,17)10-13-4-2-3-12(7-13)8-15/h2-4,7,11,15H,5-6,8-10H2,1H3. The quantitative estimate of drug-likeness (QED) is 0.914. The normalized spacial score (nSPS) is 21.5. The minimum atomic E-state index is -3.27. The minimum absolute atomic E-state index is 0.00977. The van der Waals surface area contributed by atoms with E-state index in [0.717, 1.165) is 22.6 Å². The van der Waals surface area contributed by atoms with Gasteiger partial charge in [-0.15, -0.1) is 0 Å². The summed E-state index contributed by atoms with van der Waals surface area (Å²) in [5, 5.41) is 9.09. The third-order valence-corrected chi connectivity index (χ3v) is 6.33. The highest BCUT2D eigenvalue weighted by atomic mass is 32.2. The fraction of sp³-hybridized carbons (Fsp3) is 0.538. The maximum Gasteiger partial charge on any atom is 0.218 e. The van der Waals surface area contributed by atoms with Crippen LogP contribution in [0.1, 0.15) is 18.1 Å². The van der Waals surface area contributed by atoms with Crippen molar-refractivity contribution in [3.8, 4) is 0 Å². The first-order valence-electron chi connectivity index (χ1n) is 6.29. The van der Waals surface area contributed by atoms with Crippen molar-refractivity contribution in [2.75, 3.05) is 18.1 Å². The summed E-state index contributed by atoms with van der Waals surface area (Å²) in [7, 11) is -3.27. The van der Waals surface area contributed by atoms with E-state index in [2.05, 4.69) is 0 Å². The minimum Gasteiger partial charge on any atom is -0.392 e. The summed E-state index contributed by atoms with van der Waals surface area (Å²) in [4.78, 5) is 0. The van der Waals surface area contributed by atoms with Gasteiger partial charge in [-0.25, -0.2) is 8.42 Å². The Bertz CT molecular complexity index is 530. The maximum absolute atomic E-state index is 12.4. The molecule has 1 N–H and O–H groups in total. The monoisotopic (exact) mass is 301 g/mol. The number of rotatable bonds is 4. The molecule has 1 unspecified atom stereocenters. The van der Waals surface area contributed by atoms with Gasteiger partial charge in [0.05, 0.1) is 12.4 Å². The molecule has 0 saturated carbocycles. The van der Waals surface area contributed by atoms with Gasteiger partial charge in [0, 0.05) is 24.1 Å². The molecule has 0 aromatic heterocycles. The van der Waals surface area contributed by atoms with Gasteiger partial charge in [-0.1, -0.05) is 24.3 Å². The van der Waals surface area contributed by atoms with E-state index in [9.17, 15) is 8.42 Å². The van der Waals surface area contributed by atoms with Crippen LogP contribution in [-0.4, -0.2) is 41.9 Å². The Morgan fingerprint density at radius 1 is 1.42 bits per heavy atom. The molecule has 1 aliphatic heterocycles. The molecule has 1 saturated heterocycles. The predicted molar refractivity (Wildman–Crippen MR) is 78.5 cm³/mol. The number of hydrogen-bond donors (Lipinski definition) is 1. The van der Waals surface area contributed by atoms with Gasteiger partial charge >= 0.3 is 0 Å². The zero-order chi connectivity index (χ0) is 13.9. The second-order valence-electron chi connectivity index (χ2n) is 4.77. The lowest BCUT2D eigenvalue weighted by Gasteiger charge is -2.32. The first kappa shape index (κ1) is 14.8. The summed E-state index contributed by atoms with van der Waals surface area (Å²) >= 11 is 1.80. The van der Waals surface area contributed by atoms with E-state index >= 15 is 0 Å². The lowest BCUT2D eigenvalue weighted by Crippen LogP contribution is -2.44. The fourth-order valence-electron chi connectivity index (χ4n) is 2.24. The molecule has 2 rings (SSSR count). The van der Waals surface area contributed by atoms with Crippen molar-refractivity contribution in [3.05, 3.63) is 35.4 Å². The summed E-state index contributed by atoms with van der Waals surface area (Å²) < 4.78 is 26.4. The molecule has 0 spiro atoms. The highest BCUT2D eigenvalue weighted by Gasteiger charge is 2.29. The Kier molecular flexibility index (Phi) is 4.89. The van der Waals surface area contributed by atoms with Gasteiger partial charge in [0.1, 0.15) is 0 Å². The Hall–Kier alpha value is -0.560. The van der Waals surface area contributed by atoms with Gasteiger partial charge in [-0.2, -0.15) is 16.1 Å². The second kappa shape index (κ2) is 6.26. The highest BCUT2D eigenvalue weighted by molar-refractivity contribution is 7.99. The molecule has 1 fully saturated rings. The van der Waals surface area contributed by atoms with Gasteiger partial charge in [-0.05, 0) is 18.1 Å². The second-order valence-corrected chi connectivity index (χ2v) is 7.84. The largest absolute Gasteiger partial charge is 0.392 e. The van der Waals surface area contributed by atoms with Crippen LogP contribution in [0.25, 0.3) is 0 Å². The number of aliphatic hydroxyl groups excluding tert-OH is 1. The van der Waals surface area contributed by atoms with Gasteiger partial charge in [0.25, 0.3) is 0 Å². The van der Waals surface area contributed by atoms with Crippen LogP contribution in [0.3, 0.4) is 0 Å². The average molecular weight is 301 g/mol. The number of thioether (sulfide) groups is 1. The van der Waals surface area contributed by atoms with Gasteiger partial charge in [-0.3, -0.25) is 0 Å². The van der Waals surface area contributed by atoms with Crippen LogP contribution in [0.2, 0.25) is 0 Å². The van der Waals surface area contributed by atoms with Crippen molar-refractivity contribution in [1.82, 2.24) is 4.31 Å². The van der Waals surface area contributed by atoms with Crippen LogP contribution >= 0.6 is 11.8 Å². The van der Waals surface area contributed by atoms with Crippen molar-refractivity contribution < 1.29 is 13.5 Å². The third kappa shape index (κ3) is 3.72. The van der Waals surface area contributed by atoms with Crippen molar-refractivity contribution in [1.29, 1.82) is 0 Å². The molecule has 0 bridgehead atoms. The molecule has 0 radical (unpaired) electrons. The molecule has 1 aliphatic rings. The number of benzene rings is 1. The fourth-order valence-corrected chi connectivity index (χ4v) is 5.22. The van der Waals surface area contributed by atoms with Gasteiger partial charge in [0.2, 0.25) is 10.0 Å². The molecule has 6 heteroatoms. The van der Waals surface area contributed by atoms with E-state index < -0.39 is 10.0 Å². The maximum atomic E-state index is 12.4. The summed E-state index contributed by atoms with van der Waals surface area (Å²) in [5.74, 6) is 1.73. The molecule has 0 amide bonds. The van der Waals surface area contributed by atoms with E-state index in [-0.39, 0.29) is 18.4 Å². The summed E-state index contributed by atoms with van der Waals surface area (Å²) in [6.45, 7) is 2.48. The van der Waals surface area contributed by atoms with Crippen molar-refractivity contribution in [2.45, 2.75) is 25.3 Å². The van der Waals surface area contributed by atoms with E-state index in [1.807, 2.05) is 6.92 Å². The lowest BCUT2D eigenvalue weighted by molar-refractivity contribution is 0.281. The Morgan fingerprint density at radius 3 is 2.84 bits per heavy atom. The molecule has 1 atom stereocenters. The third-order valence-electron chi connectivity index (χ3n) is 3.19. The number of nitrogens with zero attached hydrogens (tertiary/aromatic N) is 1. The van der Waals surface area contributed by atoms with Crippen molar-refractivity contribution in [2.24, 2.45) is 0 Å². The zero-order valence-corrected chi connectivity index (χ0v) is 12.6. The van der Waals surface area contributed by atoms with Crippen LogP contribution in [0.4, 0.5) is 0 Å². The molecular formula is C13H19NO3S2. The van der Waals surface area contributed by atoms with E-state index in [1.54, 1.807) is 40.3 Å². The molecule has 106 valence electrons. The number of sulfonamides is 1.